The van der Waals surface area contributed by atoms with Gasteiger partial charge in [0.15, 0.2) is 5.11 Å². The average molecular weight is 422 g/mol. The van der Waals surface area contributed by atoms with Crippen molar-refractivity contribution in [1.82, 2.24) is 20.5 Å². The molecule has 0 amide bonds. The second kappa shape index (κ2) is 10.5. The number of ether oxygens (including phenoxy) is 1. The molecule has 28 heavy (non-hydrogen) atoms. The number of hydrogen-bond donors (Lipinski definition) is 3. The largest absolute Gasteiger partial charge is 0.370 e. The fourth-order valence-corrected chi connectivity index (χ4v) is 3.47. The third-order valence-corrected chi connectivity index (χ3v) is 5.24. The fraction of sp³-hybridized carbons (Fsp3) is 0.421. The summed E-state index contributed by atoms with van der Waals surface area (Å²) in [6.07, 6.45) is 1.66. The van der Waals surface area contributed by atoms with E-state index in [2.05, 4.69) is 20.9 Å². The summed E-state index contributed by atoms with van der Waals surface area (Å²) in [4.78, 5) is 1.53. The highest BCUT2D eigenvalue weighted by molar-refractivity contribution is 7.80. The van der Waals surface area contributed by atoms with E-state index in [1.807, 2.05) is 37.3 Å². The summed E-state index contributed by atoms with van der Waals surface area (Å²) in [6.45, 7) is 8.09. The molecule has 3 N–H and O–H groups in total. The zero-order valence-electron chi connectivity index (χ0n) is 15.9. The van der Waals surface area contributed by atoms with Gasteiger partial charge in [-0.3, -0.25) is 5.43 Å². The number of hydrazone groups is 1. The second-order valence-electron chi connectivity index (χ2n) is 6.67. The molecule has 2 aromatic rings. The fourth-order valence-electron chi connectivity index (χ4n) is 3.03. The molecule has 0 spiro atoms. The molecule has 150 valence electrons. The van der Waals surface area contributed by atoms with E-state index in [-0.39, 0.29) is 0 Å². The second-order valence-corrected chi connectivity index (χ2v) is 7.44. The number of aryl methyl sites for hydroxylation is 1. The number of nitrogens with one attached hydrogen (secondary N) is 3. The summed E-state index contributed by atoms with van der Waals surface area (Å²) < 4.78 is 7.13. The Hall–Kier alpha value is -2.00. The molecule has 0 bridgehead atoms. The Bertz CT molecular complexity index is 804. The van der Waals surface area contributed by atoms with E-state index in [0.717, 1.165) is 56.2 Å². The molecule has 7 nitrogen and oxygen atoms in total. The van der Waals surface area contributed by atoms with E-state index in [4.69, 9.17) is 28.6 Å². The van der Waals surface area contributed by atoms with E-state index in [9.17, 15) is 0 Å². The monoisotopic (exact) mass is 421 g/mol. The molecule has 1 aliphatic rings. The smallest absolute Gasteiger partial charge is 0.187 e. The van der Waals surface area contributed by atoms with Gasteiger partial charge in [0.25, 0.3) is 0 Å². The molecule has 1 aromatic carbocycles. The van der Waals surface area contributed by atoms with Crippen molar-refractivity contribution in [2.75, 3.05) is 39.4 Å². The zero-order valence-corrected chi connectivity index (χ0v) is 17.5. The maximum Gasteiger partial charge on any atom is 0.187 e. The summed E-state index contributed by atoms with van der Waals surface area (Å²) in [6, 6.07) is 10.1. The lowest BCUT2D eigenvalue weighted by molar-refractivity contribution is -0.906. The van der Waals surface area contributed by atoms with Crippen LogP contribution in [0.3, 0.4) is 0 Å². The van der Waals surface area contributed by atoms with Crippen molar-refractivity contribution < 1.29 is 9.64 Å². The minimum absolute atomic E-state index is 0.495. The average Bonchev–Trinajstić information content (AvgIpc) is 2.97. The highest BCUT2D eigenvalue weighted by Gasteiger charge is 2.13. The first kappa shape index (κ1) is 20.7. The van der Waals surface area contributed by atoms with Crippen LogP contribution >= 0.6 is 23.8 Å². The SMILES string of the molecule is Cc1nn(Cc2ccccc2)c(Cl)c1/C=N\NC(=S)NCC[NH+]1CCOCC1. The lowest BCUT2D eigenvalue weighted by atomic mass is 10.2. The molecule has 1 aromatic heterocycles. The molecular weight excluding hydrogens is 396 g/mol. The Morgan fingerprint density at radius 3 is 2.86 bits per heavy atom. The first-order valence-electron chi connectivity index (χ1n) is 9.38. The summed E-state index contributed by atoms with van der Waals surface area (Å²) in [7, 11) is 0. The van der Waals surface area contributed by atoms with Crippen LogP contribution in [-0.2, 0) is 11.3 Å². The third kappa shape index (κ3) is 6.00. The number of nitrogens with zero attached hydrogens (tertiary/aromatic N) is 3. The molecule has 1 fully saturated rings. The Balaban J connectivity index is 1.47. The van der Waals surface area contributed by atoms with Crippen molar-refractivity contribution >= 4 is 35.1 Å². The number of rotatable bonds is 7. The van der Waals surface area contributed by atoms with Crippen LogP contribution in [0.4, 0.5) is 0 Å². The van der Waals surface area contributed by atoms with Gasteiger partial charge in [-0.15, -0.1) is 0 Å². The number of aromatic nitrogens is 2. The minimum atomic E-state index is 0.495. The number of hydrogen-bond acceptors (Lipinski definition) is 4. The highest BCUT2D eigenvalue weighted by atomic mass is 35.5. The topological polar surface area (TPSA) is 67.9 Å². The quantitative estimate of drug-likeness (QED) is 0.347. The van der Waals surface area contributed by atoms with Crippen LogP contribution in [0, 0.1) is 6.92 Å². The van der Waals surface area contributed by atoms with Gasteiger partial charge in [-0.05, 0) is 24.7 Å². The van der Waals surface area contributed by atoms with Crippen molar-refractivity contribution in [2.45, 2.75) is 13.5 Å². The van der Waals surface area contributed by atoms with Gasteiger partial charge in [0, 0.05) is 0 Å². The van der Waals surface area contributed by atoms with E-state index >= 15 is 0 Å². The number of morpholine rings is 1. The van der Waals surface area contributed by atoms with Gasteiger partial charge in [-0.2, -0.15) is 10.2 Å². The predicted octanol–water partition coefficient (Wildman–Crippen LogP) is 0.606. The van der Waals surface area contributed by atoms with Crippen LogP contribution in [0.5, 0.6) is 0 Å². The first-order chi connectivity index (χ1) is 13.6. The van der Waals surface area contributed by atoms with Crippen molar-refractivity contribution in [3.05, 3.63) is 52.3 Å². The first-order valence-corrected chi connectivity index (χ1v) is 10.2. The van der Waals surface area contributed by atoms with Gasteiger partial charge < -0.3 is 15.0 Å². The minimum Gasteiger partial charge on any atom is -0.370 e. The maximum absolute atomic E-state index is 6.48. The predicted molar refractivity (Wildman–Crippen MR) is 115 cm³/mol. The van der Waals surface area contributed by atoms with E-state index in [1.165, 1.54) is 4.90 Å². The van der Waals surface area contributed by atoms with Crippen LogP contribution < -0.4 is 15.6 Å². The zero-order chi connectivity index (χ0) is 19.8. The Labute approximate surface area is 175 Å². The van der Waals surface area contributed by atoms with Crippen LogP contribution in [0.1, 0.15) is 16.8 Å². The van der Waals surface area contributed by atoms with Gasteiger partial charge in [0.1, 0.15) is 18.2 Å². The van der Waals surface area contributed by atoms with Crippen LogP contribution in [0.2, 0.25) is 5.15 Å². The summed E-state index contributed by atoms with van der Waals surface area (Å²) in [5.41, 5.74) is 5.59. The van der Waals surface area contributed by atoms with Crippen LogP contribution in [0.15, 0.2) is 35.4 Å². The van der Waals surface area contributed by atoms with Gasteiger partial charge in [-0.25, -0.2) is 4.68 Å². The van der Waals surface area contributed by atoms with Gasteiger partial charge in [0.2, 0.25) is 0 Å². The van der Waals surface area contributed by atoms with E-state index in [0.29, 0.717) is 16.8 Å². The lowest BCUT2D eigenvalue weighted by Crippen LogP contribution is -3.14. The van der Waals surface area contributed by atoms with Crippen molar-refractivity contribution in [1.29, 1.82) is 0 Å². The molecule has 1 aliphatic heterocycles. The van der Waals surface area contributed by atoms with Crippen molar-refractivity contribution in [3.63, 3.8) is 0 Å². The van der Waals surface area contributed by atoms with E-state index in [1.54, 1.807) is 10.9 Å². The summed E-state index contributed by atoms with van der Waals surface area (Å²) in [5.74, 6) is 0. The third-order valence-electron chi connectivity index (χ3n) is 4.61. The number of halogens is 1. The Kier molecular flexibility index (Phi) is 7.79. The number of thiocarbonyl (C=S) groups is 1. The summed E-state index contributed by atoms with van der Waals surface area (Å²) in [5, 5.41) is 12.9. The molecule has 9 heteroatoms. The molecule has 2 heterocycles. The molecule has 3 rings (SSSR count). The maximum atomic E-state index is 6.48. The van der Waals surface area contributed by atoms with Gasteiger partial charge in [-0.1, -0.05) is 41.9 Å². The highest BCUT2D eigenvalue weighted by Crippen LogP contribution is 2.19. The molecule has 1 saturated heterocycles. The molecule has 0 saturated carbocycles. The molecule has 0 atom stereocenters. The Morgan fingerprint density at radius 1 is 1.36 bits per heavy atom. The number of benzene rings is 1. The molecule has 0 radical (unpaired) electrons. The normalized spacial score (nSPS) is 15.1. The van der Waals surface area contributed by atoms with Crippen LogP contribution in [-0.4, -0.2) is 60.5 Å². The molecule has 0 aliphatic carbocycles. The Morgan fingerprint density at radius 2 is 2.11 bits per heavy atom. The lowest BCUT2D eigenvalue weighted by Gasteiger charge is -2.23. The molecular formula is C19H26ClN6OS+. The van der Waals surface area contributed by atoms with E-state index < -0.39 is 0 Å². The van der Waals surface area contributed by atoms with Crippen molar-refractivity contribution in [2.24, 2.45) is 5.10 Å². The van der Waals surface area contributed by atoms with Gasteiger partial charge >= 0.3 is 0 Å². The standard InChI is InChI=1S/C19H25ClN6OS/c1-15-17(18(20)26(24-15)14-16-5-3-2-4-6-16)13-22-23-19(28)21-7-8-25-9-11-27-12-10-25/h2-6,13H,7-12,14H2,1H3,(H2,21,23,28)/p+1/b22-13-. The molecule has 0 unspecified atom stereocenters. The van der Waals surface area contributed by atoms with Crippen LogP contribution in [0.25, 0.3) is 0 Å². The number of quaternary nitrogens is 1. The van der Waals surface area contributed by atoms with Crippen molar-refractivity contribution in [3.8, 4) is 0 Å². The van der Waals surface area contributed by atoms with Gasteiger partial charge in [0.05, 0.1) is 50.3 Å². The summed E-state index contributed by atoms with van der Waals surface area (Å²) >= 11 is 11.8.